The van der Waals surface area contributed by atoms with E-state index < -0.39 is 11.6 Å². The number of nitrogens with one attached hydrogen (secondary N) is 2. The molecular formula is C25H58F3N3O. The number of rotatable bonds is 0. The maximum absolute atomic E-state index is 11.6. The molecule has 1 amide bonds. The van der Waals surface area contributed by atoms with E-state index in [1.807, 2.05) is 48.6 Å². The highest BCUT2D eigenvalue weighted by Crippen LogP contribution is 2.36. The molecule has 0 spiro atoms. The summed E-state index contributed by atoms with van der Waals surface area (Å²) >= 11 is 0. The Morgan fingerprint density at radius 2 is 0.812 bits per heavy atom. The third-order valence-electron chi connectivity index (χ3n) is 2.15. The number of amides is 1. The van der Waals surface area contributed by atoms with Crippen LogP contribution in [0.2, 0.25) is 0 Å². The molecule has 7 heteroatoms. The van der Waals surface area contributed by atoms with E-state index in [9.17, 15) is 18.0 Å². The van der Waals surface area contributed by atoms with Crippen LogP contribution in [-0.4, -0.2) is 35.7 Å². The van der Waals surface area contributed by atoms with Crippen molar-refractivity contribution >= 4 is 5.91 Å². The topological polar surface area (TPSA) is 67.2 Å². The molecule has 0 saturated heterocycles. The predicted octanol–water partition coefficient (Wildman–Crippen LogP) is 7.32. The fourth-order valence-electron chi connectivity index (χ4n) is 0.528. The van der Waals surface area contributed by atoms with Gasteiger partial charge in [-0.2, -0.15) is 13.2 Å². The minimum absolute atomic E-state index is 0. The number of carbonyl (C=O) groups excluding carboxylic acids is 1. The van der Waals surface area contributed by atoms with E-state index in [0.29, 0.717) is 11.0 Å². The molecule has 0 aliphatic carbocycles. The number of nitrogens with two attached hydrogens (primary N) is 1. The van der Waals surface area contributed by atoms with Crippen LogP contribution >= 0.6 is 0 Å². The van der Waals surface area contributed by atoms with Gasteiger partial charge in [0.15, 0.2) is 0 Å². The molecule has 0 aromatic heterocycles. The van der Waals surface area contributed by atoms with Crippen LogP contribution < -0.4 is 16.4 Å². The summed E-state index contributed by atoms with van der Waals surface area (Å²) in [5.74, 6) is 0.0255. The highest BCUT2D eigenvalue weighted by Gasteiger charge is 2.42. The maximum atomic E-state index is 11.6. The second-order valence-electron chi connectivity index (χ2n) is 13.5. The van der Waals surface area contributed by atoms with Crippen LogP contribution in [0, 0.1) is 10.8 Å². The molecule has 32 heavy (non-hydrogen) atoms. The first-order chi connectivity index (χ1) is 13.2. The van der Waals surface area contributed by atoms with Gasteiger partial charge < -0.3 is 16.4 Å². The van der Waals surface area contributed by atoms with Gasteiger partial charge in [0.05, 0.1) is 5.41 Å². The van der Waals surface area contributed by atoms with Crippen LogP contribution in [0.25, 0.3) is 0 Å². The molecule has 0 fully saturated rings. The number of alkyl halides is 3. The van der Waals surface area contributed by atoms with E-state index >= 15 is 0 Å². The van der Waals surface area contributed by atoms with Gasteiger partial charge in [-0.3, -0.25) is 4.79 Å². The van der Waals surface area contributed by atoms with Crippen molar-refractivity contribution in [2.24, 2.45) is 16.6 Å². The van der Waals surface area contributed by atoms with Crippen LogP contribution in [0.15, 0.2) is 0 Å². The van der Waals surface area contributed by atoms with Gasteiger partial charge in [0.25, 0.3) is 0 Å². The molecule has 4 N–H and O–H groups in total. The Balaban J connectivity index is -0.0000000965. The van der Waals surface area contributed by atoms with Crippen molar-refractivity contribution in [2.75, 3.05) is 7.05 Å². The number of hydrogen-bond acceptors (Lipinski definition) is 3. The van der Waals surface area contributed by atoms with Crippen molar-refractivity contribution < 1.29 is 18.0 Å². The molecule has 200 valence electrons. The monoisotopic (exact) mass is 473 g/mol. The summed E-state index contributed by atoms with van der Waals surface area (Å²) in [4.78, 5) is 10.3. The van der Waals surface area contributed by atoms with E-state index in [0.717, 1.165) is 20.8 Å². The average molecular weight is 474 g/mol. The highest BCUT2D eigenvalue weighted by atomic mass is 19.4. The van der Waals surface area contributed by atoms with Crippen LogP contribution in [0.1, 0.15) is 118 Å². The molecule has 0 saturated carbocycles. The summed E-state index contributed by atoms with van der Waals surface area (Å²) in [7, 11) is 1.96. The van der Waals surface area contributed by atoms with E-state index in [1.54, 1.807) is 0 Å². The molecule has 0 bridgehead atoms. The van der Waals surface area contributed by atoms with E-state index in [2.05, 4.69) is 59.1 Å². The SMILES string of the molecule is CC(=O)NC(C)(C)C.CC(C)(C)C.CC(C)(C)C(F)(F)F.CC(C)(C)N.CNC(C)(C)C. The minimum atomic E-state index is -4.06. The van der Waals surface area contributed by atoms with Crippen molar-refractivity contribution in [3.8, 4) is 0 Å². The first kappa shape index (κ1) is 41.4. The summed E-state index contributed by atoms with van der Waals surface area (Å²) in [5.41, 5.74) is 4.51. The lowest BCUT2D eigenvalue weighted by molar-refractivity contribution is -0.204. The zero-order chi connectivity index (χ0) is 28.0. The number of hydrogen-bond donors (Lipinski definition) is 3. The van der Waals surface area contributed by atoms with Crippen LogP contribution in [0.5, 0.6) is 0 Å². The van der Waals surface area contributed by atoms with Crippen LogP contribution in [0.3, 0.4) is 0 Å². The van der Waals surface area contributed by atoms with Crippen molar-refractivity contribution in [3.05, 3.63) is 0 Å². The largest absolute Gasteiger partial charge is 0.393 e. The van der Waals surface area contributed by atoms with Gasteiger partial charge in [0, 0.05) is 23.5 Å². The van der Waals surface area contributed by atoms with Crippen molar-refractivity contribution in [1.82, 2.24) is 10.6 Å². The molecule has 0 aromatic rings. The van der Waals surface area contributed by atoms with E-state index in [4.69, 9.17) is 5.73 Å². The van der Waals surface area contributed by atoms with Crippen LogP contribution in [0.4, 0.5) is 13.2 Å². The predicted molar refractivity (Wildman–Crippen MR) is 137 cm³/mol. The van der Waals surface area contributed by atoms with E-state index in [1.165, 1.54) is 6.92 Å². The fourth-order valence-corrected chi connectivity index (χ4v) is 0.528. The summed E-state index contributed by atoms with van der Waals surface area (Å²) in [6.07, 6.45) is -4.06. The third kappa shape index (κ3) is 88.5. The van der Waals surface area contributed by atoms with Gasteiger partial charge in [-0.15, -0.1) is 0 Å². The first-order valence-corrected chi connectivity index (χ1v) is 11.1. The summed E-state index contributed by atoms with van der Waals surface area (Å²) in [6, 6.07) is 0. The smallest absolute Gasteiger partial charge is 0.352 e. The molecular weight excluding hydrogens is 415 g/mol. The normalized spacial score (nSPS) is 12.3. The second-order valence-corrected chi connectivity index (χ2v) is 13.5. The Kier molecular flexibility index (Phi) is 20.6. The Hall–Kier alpha value is -0.820. The lowest BCUT2D eigenvalue weighted by atomic mass is 9.96. The Morgan fingerprint density at radius 3 is 0.812 bits per heavy atom. The van der Waals surface area contributed by atoms with Crippen molar-refractivity contribution in [3.63, 3.8) is 0 Å². The molecule has 0 aliphatic heterocycles. The van der Waals surface area contributed by atoms with Gasteiger partial charge in [-0.25, -0.2) is 0 Å². The summed E-state index contributed by atoms with van der Waals surface area (Å²) in [5, 5.41) is 5.85. The first-order valence-electron chi connectivity index (χ1n) is 11.1. The molecule has 0 unspecified atom stereocenters. The number of halogens is 3. The van der Waals surface area contributed by atoms with Gasteiger partial charge in [-0.05, 0) is 74.8 Å². The molecule has 0 rings (SSSR count). The quantitative estimate of drug-likeness (QED) is 0.345. The maximum Gasteiger partial charge on any atom is 0.393 e. The Labute approximate surface area is 199 Å². The van der Waals surface area contributed by atoms with Crippen LogP contribution in [-0.2, 0) is 4.79 Å². The average Bonchev–Trinajstić information content (AvgIpc) is 2.29. The minimum Gasteiger partial charge on any atom is -0.352 e. The lowest BCUT2D eigenvalue weighted by Crippen LogP contribution is -2.38. The van der Waals surface area contributed by atoms with Crippen molar-refractivity contribution in [2.45, 2.75) is 140 Å². The third-order valence-corrected chi connectivity index (χ3v) is 2.15. The van der Waals surface area contributed by atoms with Gasteiger partial charge in [-0.1, -0.05) is 48.5 Å². The molecule has 0 radical (unpaired) electrons. The molecule has 0 aliphatic rings. The van der Waals surface area contributed by atoms with Gasteiger partial charge in [0.1, 0.15) is 0 Å². The van der Waals surface area contributed by atoms with Gasteiger partial charge >= 0.3 is 6.18 Å². The zero-order valence-electron chi connectivity index (χ0n) is 24.6. The van der Waals surface area contributed by atoms with Gasteiger partial charge in [0.2, 0.25) is 5.91 Å². The summed E-state index contributed by atoms with van der Waals surface area (Å²) in [6.45, 7) is 31.9. The molecule has 0 heterocycles. The Morgan fingerprint density at radius 1 is 0.656 bits per heavy atom. The highest BCUT2D eigenvalue weighted by molar-refractivity contribution is 5.73. The molecule has 0 atom stereocenters. The Bertz CT molecular complexity index is 418. The standard InChI is InChI=1S/C6H13NO.C5H9F3.C5H13N.C5H12.C4H11N/c1-5(8)7-6(2,3)4;1-4(2,3)5(6,7)8;1-5(2,3)6-4;1-5(2,3)4;1-4(2,3)5/h1-4H3,(H,7,8);1-3H3;6H,1-4H3;1-4H3;5H2,1-3H3. The van der Waals surface area contributed by atoms with Crippen molar-refractivity contribution in [1.29, 1.82) is 0 Å². The lowest BCUT2D eigenvalue weighted by Gasteiger charge is -2.21. The molecule has 4 nitrogen and oxygen atoms in total. The second kappa shape index (κ2) is 15.9. The summed E-state index contributed by atoms with van der Waals surface area (Å²) < 4.78 is 34.7. The molecule has 0 aromatic carbocycles. The zero-order valence-corrected chi connectivity index (χ0v) is 24.6. The number of carbonyl (C=O) groups is 1. The van der Waals surface area contributed by atoms with E-state index in [-0.39, 0.29) is 17.0 Å². The fraction of sp³-hybridized carbons (Fsp3) is 0.960.